The van der Waals surface area contributed by atoms with E-state index in [0.717, 1.165) is 10.8 Å². The van der Waals surface area contributed by atoms with E-state index < -0.39 is 7.59 Å². The second-order valence-corrected chi connectivity index (χ2v) is 9.45. The zero-order valence-electron chi connectivity index (χ0n) is 11.7. The molecule has 0 fully saturated rings. The Kier molecular flexibility index (Phi) is 5.05. The number of fused-ring (bicyclic) bond motifs is 1. The number of alkyl halides is 6. The van der Waals surface area contributed by atoms with Crippen molar-refractivity contribution >= 4 is 80.4 Å². The first-order chi connectivity index (χ1) is 11.2. The van der Waals surface area contributed by atoms with Crippen LogP contribution in [0.25, 0.3) is 21.9 Å². The number of nitrogens with zero attached hydrogens (tertiary/aromatic N) is 3. The topological polar surface area (TPSA) is 38.7 Å². The smallest absolute Gasteiger partial charge is 0.130 e. The van der Waals surface area contributed by atoms with E-state index in [0.29, 0.717) is 11.1 Å². The van der Waals surface area contributed by atoms with Gasteiger partial charge >= 0.3 is 0 Å². The van der Waals surface area contributed by atoms with E-state index in [1.165, 1.54) is 0 Å². The number of hydrogen-bond acceptors (Lipinski definition) is 3. The first kappa shape index (κ1) is 18.2. The van der Waals surface area contributed by atoms with Gasteiger partial charge in [0.2, 0.25) is 7.59 Å². The SMILES string of the molecule is ClC(Cl)(Cl)c1nnnc(C(Cl)(Cl)Cl)c1-c1cccc2ccccc12. The quantitative estimate of drug-likeness (QED) is 0.413. The molecule has 0 saturated heterocycles. The second kappa shape index (κ2) is 6.64. The van der Waals surface area contributed by atoms with Gasteiger partial charge in [-0.3, -0.25) is 0 Å². The Morgan fingerprint density at radius 2 is 1.21 bits per heavy atom. The van der Waals surface area contributed by atoms with Crippen LogP contribution in [0.3, 0.4) is 0 Å². The number of rotatable bonds is 1. The van der Waals surface area contributed by atoms with Gasteiger partial charge in [0, 0.05) is 5.56 Å². The number of benzene rings is 2. The minimum Gasteiger partial charge on any atom is -0.130 e. The van der Waals surface area contributed by atoms with Gasteiger partial charge in [0.15, 0.2) is 0 Å². The molecule has 3 rings (SSSR count). The molecule has 9 heteroatoms. The van der Waals surface area contributed by atoms with E-state index in [1.54, 1.807) is 0 Å². The van der Waals surface area contributed by atoms with Crippen molar-refractivity contribution in [3.63, 3.8) is 0 Å². The van der Waals surface area contributed by atoms with Crippen molar-refractivity contribution in [3.8, 4) is 11.1 Å². The van der Waals surface area contributed by atoms with Crippen LogP contribution in [0.15, 0.2) is 42.5 Å². The lowest BCUT2D eigenvalue weighted by Gasteiger charge is -2.21. The van der Waals surface area contributed by atoms with E-state index >= 15 is 0 Å². The van der Waals surface area contributed by atoms with Crippen molar-refractivity contribution in [2.75, 3.05) is 0 Å². The number of halogens is 6. The standard InChI is InChI=1S/C15H7Cl6N3/c16-14(17,18)12-11(13(15(19,20)21)23-24-22-12)10-7-3-5-8-4-1-2-6-9(8)10/h1-7H. The van der Waals surface area contributed by atoms with Gasteiger partial charge in [0.1, 0.15) is 11.4 Å². The molecular formula is C15H7Cl6N3. The van der Waals surface area contributed by atoms with Crippen molar-refractivity contribution in [2.45, 2.75) is 7.59 Å². The molecule has 2 aromatic carbocycles. The first-order valence-electron chi connectivity index (χ1n) is 6.55. The third-order valence-corrected chi connectivity index (χ3v) is 4.43. The summed E-state index contributed by atoms with van der Waals surface area (Å²) in [4.78, 5) is 0. The highest BCUT2D eigenvalue weighted by molar-refractivity contribution is 6.68. The molecule has 0 saturated carbocycles. The Balaban J connectivity index is 2.45. The summed E-state index contributed by atoms with van der Waals surface area (Å²) in [7, 11) is 0. The van der Waals surface area contributed by atoms with Crippen LogP contribution >= 0.6 is 69.6 Å². The maximum absolute atomic E-state index is 6.06. The number of aromatic nitrogens is 3. The van der Waals surface area contributed by atoms with Crippen LogP contribution in [0.1, 0.15) is 11.4 Å². The molecule has 0 bridgehead atoms. The molecule has 0 atom stereocenters. The van der Waals surface area contributed by atoms with E-state index in [4.69, 9.17) is 69.6 Å². The van der Waals surface area contributed by atoms with Crippen LogP contribution in [0.5, 0.6) is 0 Å². The van der Waals surface area contributed by atoms with Crippen molar-refractivity contribution in [3.05, 3.63) is 53.9 Å². The van der Waals surface area contributed by atoms with Crippen molar-refractivity contribution in [2.24, 2.45) is 0 Å². The van der Waals surface area contributed by atoms with Gasteiger partial charge < -0.3 is 0 Å². The van der Waals surface area contributed by atoms with Crippen molar-refractivity contribution in [1.82, 2.24) is 15.4 Å². The van der Waals surface area contributed by atoms with Gasteiger partial charge in [-0.2, -0.15) is 0 Å². The first-order valence-corrected chi connectivity index (χ1v) is 8.82. The molecule has 0 unspecified atom stereocenters. The fourth-order valence-electron chi connectivity index (χ4n) is 2.42. The third-order valence-electron chi connectivity index (χ3n) is 3.36. The third kappa shape index (κ3) is 3.52. The summed E-state index contributed by atoms with van der Waals surface area (Å²) in [5, 5.41) is 13.2. The Hall–Kier alpha value is -0.550. The summed E-state index contributed by atoms with van der Waals surface area (Å²) in [5.41, 5.74) is 1.10. The minimum absolute atomic E-state index is 0.0418. The summed E-state index contributed by atoms with van der Waals surface area (Å²) < 4.78 is -3.74. The van der Waals surface area contributed by atoms with Gasteiger partial charge in [-0.15, -0.1) is 10.2 Å². The summed E-state index contributed by atoms with van der Waals surface area (Å²) >= 11 is 36.3. The average molecular weight is 442 g/mol. The highest BCUT2D eigenvalue weighted by Crippen LogP contribution is 2.49. The molecule has 0 radical (unpaired) electrons. The average Bonchev–Trinajstić information content (AvgIpc) is 2.52. The van der Waals surface area contributed by atoms with Gasteiger partial charge in [0.25, 0.3) is 0 Å². The molecule has 3 aromatic rings. The summed E-state index contributed by atoms with van der Waals surface area (Å²) in [6, 6.07) is 13.3. The van der Waals surface area contributed by atoms with E-state index in [1.807, 2.05) is 42.5 Å². The number of hydrogen-bond donors (Lipinski definition) is 0. The molecule has 3 nitrogen and oxygen atoms in total. The molecule has 24 heavy (non-hydrogen) atoms. The predicted octanol–water partition coefficient (Wildman–Crippen LogP) is 6.35. The maximum atomic E-state index is 6.06. The van der Waals surface area contributed by atoms with Crippen LogP contribution in [0, 0.1) is 0 Å². The van der Waals surface area contributed by atoms with Crippen LogP contribution in [0.2, 0.25) is 0 Å². The molecule has 0 aliphatic carbocycles. The molecular weight excluding hydrogens is 435 g/mol. The zero-order chi connectivity index (χ0) is 17.5. The molecule has 1 heterocycles. The maximum Gasteiger partial charge on any atom is 0.235 e. The summed E-state index contributed by atoms with van der Waals surface area (Å²) in [6.07, 6.45) is 0. The lowest BCUT2D eigenvalue weighted by Crippen LogP contribution is -2.16. The van der Waals surface area contributed by atoms with Crippen LogP contribution in [-0.4, -0.2) is 15.4 Å². The lowest BCUT2D eigenvalue weighted by atomic mass is 9.96. The largest absolute Gasteiger partial charge is 0.235 e. The van der Waals surface area contributed by atoms with Crippen LogP contribution in [0.4, 0.5) is 0 Å². The minimum atomic E-state index is -1.87. The summed E-state index contributed by atoms with van der Waals surface area (Å²) in [6.45, 7) is 0. The van der Waals surface area contributed by atoms with Crippen molar-refractivity contribution in [1.29, 1.82) is 0 Å². The fraction of sp³-hybridized carbons (Fsp3) is 0.133. The van der Waals surface area contributed by atoms with E-state index in [2.05, 4.69) is 15.4 Å². The molecule has 0 aliphatic heterocycles. The molecule has 0 amide bonds. The summed E-state index contributed by atoms with van der Waals surface area (Å²) in [5.74, 6) is 0. The van der Waals surface area contributed by atoms with Gasteiger partial charge in [-0.1, -0.05) is 112 Å². The van der Waals surface area contributed by atoms with Gasteiger partial charge in [0.05, 0.1) is 0 Å². The van der Waals surface area contributed by atoms with E-state index in [-0.39, 0.29) is 11.4 Å². The van der Waals surface area contributed by atoms with Gasteiger partial charge in [-0.25, -0.2) is 0 Å². The molecule has 1 aromatic heterocycles. The fourth-order valence-corrected chi connectivity index (χ4v) is 3.21. The Labute approximate surface area is 167 Å². The second-order valence-electron chi connectivity index (χ2n) is 4.88. The highest BCUT2D eigenvalue weighted by atomic mass is 35.6. The lowest BCUT2D eigenvalue weighted by molar-refractivity contribution is 0.786. The van der Waals surface area contributed by atoms with E-state index in [9.17, 15) is 0 Å². The Morgan fingerprint density at radius 3 is 1.79 bits per heavy atom. The molecule has 0 spiro atoms. The Morgan fingerprint density at radius 1 is 0.667 bits per heavy atom. The molecule has 0 aliphatic rings. The molecule has 124 valence electrons. The van der Waals surface area contributed by atoms with Crippen LogP contribution in [-0.2, 0) is 7.59 Å². The predicted molar refractivity (Wildman–Crippen MR) is 101 cm³/mol. The monoisotopic (exact) mass is 439 g/mol. The normalized spacial score (nSPS) is 12.6. The van der Waals surface area contributed by atoms with Crippen LogP contribution < -0.4 is 0 Å². The van der Waals surface area contributed by atoms with Crippen molar-refractivity contribution < 1.29 is 0 Å². The molecule has 0 N–H and O–H groups in total. The Bertz CT molecular complexity index is 864. The zero-order valence-corrected chi connectivity index (χ0v) is 16.2. The van der Waals surface area contributed by atoms with Gasteiger partial charge in [-0.05, 0) is 21.5 Å². The highest BCUT2D eigenvalue weighted by Gasteiger charge is 2.37.